The lowest BCUT2D eigenvalue weighted by Crippen LogP contribution is -2.25. The van der Waals surface area contributed by atoms with Crippen LogP contribution >= 0.6 is 11.3 Å². The van der Waals surface area contributed by atoms with E-state index in [0.29, 0.717) is 6.04 Å². The summed E-state index contributed by atoms with van der Waals surface area (Å²) >= 11 is 1.85. The summed E-state index contributed by atoms with van der Waals surface area (Å²) < 4.78 is 0. The van der Waals surface area contributed by atoms with Crippen molar-refractivity contribution in [3.05, 3.63) is 21.9 Å². The number of aryl methyl sites for hydroxylation is 1. The van der Waals surface area contributed by atoms with Gasteiger partial charge in [0.1, 0.15) is 0 Å². The quantitative estimate of drug-likeness (QED) is 0.696. The van der Waals surface area contributed by atoms with Gasteiger partial charge in [0.25, 0.3) is 0 Å². The molecule has 0 aliphatic heterocycles. The molecular formula is C10H17NS. The predicted molar refractivity (Wildman–Crippen MR) is 55.7 cm³/mol. The van der Waals surface area contributed by atoms with E-state index in [-0.39, 0.29) is 0 Å². The summed E-state index contributed by atoms with van der Waals surface area (Å²) in [4.78, 5) is 3.85. The highest BCUT2D eigenvalue weighted by molar-refractivity contribution is 7.10. The first-order chi connectivity index (χ1) is 5.61. The van der Waals surface area contributed by atoms with Crippen LogP contribution in [0.1, 0.15) is 24.3 Å². The molecule has 1 aromatic rings. The van der Waals surface area contributed by atoms with Crippen molar-refractivity contribution in [1.29, 1.82) is 0 Å². The molecule has 0 aromatic carbocycles. The van der Waals surface area contributed by atoms with Gasteiger partial charge in [0.05, 0.1) is 0 Å². The third kappa shape index (κ3) is 2.32. The van der Waals surface area contributed by atoms with Crippen molar-refractivity contribution in [2.24, 2.45) is 0 Å². The molecule has 0 N–H and O–H groups in total. The third-order valence-corrected chi connectivity index (χ3v) is 3.25. The van der Waals surface area contributed by atoms with Gasteiger partial charge in [0.15, 0.2) is 0 Å². The van der Waals surface area contributed by atoms with E-state index >= 15 is 0 Å². The monoisotopic (exact) mass is 183 g/mol. The topological polar surface area (TPSA) is 3.24 Å². The maximum absolute atomic E-state index is 2.36. The molecule has 0 saturated carbocycles. The van der Waals surface area contributed by atoms with Crippen LogP contribution in [0.2, 0.25) is 0 Å². The normalized spacial score (nSPS) is 11.5. The first-order valence-corrected chi connectivity index (χ1v) is 5.22. The molecule has 0 amide bonds. The Morgan fingerprint density at radius 2 is 2.17 bits per heavy atom. The molecule has 0 aliphatic carbocycles. The van der Waals surface area contributed by atoms with Crippen LogP contribution in [0.3, 0.4) is 0 Å². The second-order valence-corrected chi connectivity index (χ2v) is 4.54. The molecule has 2 heteroatoms. The minimum absolute atomic E-state index is 0.631. The van der Waals surface area contributed by atoms with Crippen molar-refractivity contribution in [2.75, 3.05) is 7.05 Å². The summed E-state index contributed by atoms with van der Waals surface area (Å²) in [6.45, 7) is 7.72. The van der Waals surface area contributed by atoms with Crippen molar-refractivity contribution < 1.29 is 0 Å². The first-order valence-electron chi connectivity index (χ1n) is 4.34. The molecule has 0 bridgehead atoms. The van der Waals surface area contributed by atoms with Crippen LogP contribution < -0.4 is 0 Å². The van der Waals surface area contributed by atoms with E-state index in [0.717, 1.165) is 6.54 Å². The lowest BCUT2D eigenvalue weighted by molar-refractivity contribution is 0.267. The maximum Gasteiger partial charge on any atom is 0.0330 e. The number of hydrogen-bond acceptors (Lipinski definition) is 2. The van der Waals surface area contributed by atoms with Gasteiger partial charge in [-0.05, 0) is 44.8 Å². The van der Waals surface area contributed by atoms with E-state index in [1.54, 1.807) is 0 Å². The van der Waals surface area contributed by atoms with Gasteiger partial charge in [-0.25, -0.2) is 0 Å². The molecule has 1 rings (SSSR count). The van der Waals surface area contributed by atoms with Crippen LogP contribution in [0.25, 0.3) is 0 Å². The van der Waals surface area contributed by atoms with Crippen molar-refractivity contribution in [3.63, 3.8) is 0 Å². The zero-order valence-corrected chi connectivity index (χ0v) is 9.11. The Bertz CT molecular complexity index is 240. The predicted octanol–water partition coefficient (Wildman–Crippen LogP) is 2.90. The summed E-state index contributed by atoms with van der Waals surface area (Å²) in [6.07, 6.45) is 0. The Morgan fingerprint density at radius 3 is 2.58 bits per heavy atom. The van der Waals surface area contributed by atoms with Gasteiger partial charge in [-0.3, -0.25) is 4.90 Å². The third-order valence-electron chi connectivity index (χ3n) is 2.24. The first kappa shape index (κ1) is 9.75. The summed E-state index contributed by atoms with van der Waals surface area (Å²) in [5, 5.41) is 2.17. The fourth-order valence-electron chi connectivity index (χ4n) is 0.975. The minimum Gasteiger partial charge on any atom is -0.299 e. The van der Waals surface area contributed by atoms with E-state index in [9.17, 15) is 0 Å². The van der Waals surface area contributed by atoms with Crippen LogP contribution in [0.4, 0.5) is 0 Å². The molecule has 1 aromatic heterocycles. The fraction of sp³-hybridized carbons (Fsp3) is 0.600. The molecule has 0 saturated heterocycles. The SMILES string of the molecule is Cc1ccsc1CN(C)C(C)C. The molecular weight excluding hydrogens is 166 g/mol. The van der Waals surface area contributed by atoms with Crippen molar-refractivity contribution in [1.82, 2.24) is 4.90 Å². The second kappa shape index (κ2) is 4.06. The molecule has 0 aliphatic rings. The van der Waals surface area contributed by atoms with E-state index in [1.165, 1.54) is 10.4 Å². The molecule has 1 heterocycles. The van der Waals surface area contributed by atoms with Gasteiger partial charge in [0, 0.05) is 17.5 Å². The van der Waals surface area contributed by atoms with E-state index in [2.05, 4.69) is 44.2 Å². The van der Waals surface area contributed by atoms with Crippen LogP contribution in [-0.4, -0.2) is 18.0 Å². The van der Waals surface area contributed by atoms with Crippen molar-refractivity contribution >= 4 is 11.3 Å². The minimum atomic E-state index is 0.631. The van der Waals surface area contributed by atoms with Crippen molar-refractivity contribution in [3.8, 4) is 0 Å². The lowest BCUT2D eigenvalue weighted by Gasteiger charge is -2.20. The molecule has 68 valence electrons. The smallest absolute Gasteiger partial charge is 0.0330 e. The molecule has 0 fully saturated rings. The average Bonchev–Trinajstić information content (AvgIpc) is 2.36. The molecule has 1 nitrogen and oxygen atoms in total. The van der Waals surface area contributed by atoms with Gasteiger partial charge < -0.3 is 0 Å². The van der Waals surface area contributed by atoms with E-state index in [1.807, 2.05) is 11.3 Å². The Balaban J connectivity index is 2.58. The summed E-state index contributed by atoms with van der Waals surface area (Å²) in [5.41, 5.74) is 1.42. The zero-order chi connectivity index (χ0) is 9.14. The van der Waals surface area contributed by atoms with Gasteiger partial charge in [0.2, 0.25) is 0 Å². The number of thiophene rings is 1. The van der Waals surface area contributed by atoms with Crippen LogP contribution in [0, 0.1) is 6.92 Å². The van der Waals surface area contributed by atoms with Crippen molar-refractivity contribution in [2.45, 2.75) is 33.4 Å². The van der Waals surface area contributed by atoms with E-state index in [4.69, 9.17) is 0 Å². The maximum atomic E-state index is 2.36. The number of rotatable bonds is 3. The summed E-state index contributed by atoms with van der Waals surface area (Å²) in [6, 6.07) is 2.82. The number of hydrogen-bond donors (Lipinski definition) is 0. The summed E-state index contributed by atoms with van der Waals surface area (Å²) in [7, 11) is 2.17. The highest BCUT2D eigenvalue weighted by Gasteiger charge is 2.06. The van der Waals surface area contributed by atoms with Crippen LogP contribution in [-0.2, 0) is 6.54 Å². The Labute approximate surface area is 79.0 Å². The fourth-order valence-corrected chi connectivity index (χ4v) is 1.94. The molecule has 12 heavy (non-hydrogen) atoms. The second-order valence-electron chi connectivity index (χ2n) is 3.54. The largest absolute Gasteiger partial charge is 0.299 e. The Morgan fingerprint density at radius 1 is 1.50 bits per heavy atom. The summed E-state index contributed by atoms with van der Waals surface area (Å²) in [5.74, 6) is 0. The standard InChI is InChI=1S/C10H17NS/c1-8(2)11(4)7-10-9(3)5-6-12-10/h5-6,8H,7H2,1-4H3. The van der Waals surface area contributed by atoms with Crippen LogP contribution in [0.15, 0.2) is 11.4 Å². The van der Waals surface area contributed by atoms with E-state index < -0.39 is 0 Å². The number of nitrogens with zero attached hydrogens (tertiary/aromatic N) is 1. The van der Waals surface area contributed by atoms with Gasteiger partial charge in [-0.2, -0.15) is 0 Å². The highest BCUT2D eigenvalue weighted by Crippen LogP contribution is 2.17. The lowest BCUT2D eigenvalue weighted by atomic mass is 10.2. The molecule has 0 atom stereocenters. The zero-order valence-electron chi connectivity index (χ0n) is 8.29. The Kier molecular flexibility index (Phi) is 3.29. The molecule has 0 unspecified atom stereocenters. The van der Waals surface area contributed by atoms with Crippen LogP contribution in [0.5, 0.6) is 0 Å². The van der Waals surface area contributed by atoms with Gasteiger partial charge >= 0.3 is 0 Å². The molecule has 0 spiro atoms. The highest BCUT2D eigenvalue weighted by atomic mass is 32.1. The van der Waals surface area contributed by atoms with Gasteiger partial charge in [-0.1, -0.05) is 0 Å². The average molecular weight is 183 g/mol. The Hall–Kier alpha value is -0.340. The molecule has 0 radical (unpaired) electrons. The van der Waals surface area contributed by atoms with Gasteiger partial charge in [-0.15, -0.1) is 11.3 Å².